The molecule has 2 atom stereocenters. The van der Waals surface area contributed by atoms with Crippen LogP contribution in [0.15, 0.2) is 29.6 Å². The Bertz CT molecular complexity index is 1090. The number of carbonyl (C=O) groups excluding carboxylic acids is 2. The Kier molecular flexibility index (Phi) is 6.10. The molecule has 3 aromatic heterocycles. The number of hydrogen-bond donors (Lipinski definition) is 1. The summed E-state index contributed by atoms with van der Waals surface area (Å²) in [5.74, 6) is 0.0407. The van der Waals surface area contributed by atoms with Gasteiger partial charge in [-0.1, -0.05) is 24.8 Å². The maximum Gasteiger partial charge on any atom is 0.341 e. The highest BCUT2D eigenvalue weighted by molar-refractivity contribution is 8.00. The van der Waals surface area contributed by atoms with Crippen molar-refractivity contribution in [2.24, 2.45) is 5.92 Å². The summed E-state index contributed by atoms with van der Waals surface area (Å²) in [5.41, 5.74) is 2.30. The van der Waals surface area contributed by atoms with E-state index >= 15 is 0 Å². The van der Waals surface area contributed by atoms with Gasteiger partial charge in [-0.05, 0) is 56.7 Å². The molecule has 0 aliphatic heterocycles. The SMILES string of the molecule is CCOC(=O)c1c(NC(=O)C(C)Sc2nnc3ccccn23)sc2c1CCC(C)C2. The monoisotopic (exact) mass is 444 g/mol. The van der Waals surface area contributed by atoms with Crippen molar-refractivity contribution in [1.82, 2.24) is 14.6 Å². The van der Waals surface area contributed by atoms with Gasteiger partial charge in [0.05, 0.1) is 17.4 Å². The fraction of sp³-hybridized carbons (Fsp3) is 0.429. The number of anilines is 1. The van der Waals surface area contributed by atoms with E-state index in [1.165, 1.54) is 28.0 Å². The molecule has 0 aromatic carbocycles. The van der Waals surface area contributed by atoms with E-state index in [4.69, 9.17) is 4.74 Å². The number of nitrogens with one attached hydrogen (secondary N) is 1. The lowest BCUT2D eigenvalue weighted by molar-refractivity contribution is -0.115. The van der Waals surface area contributed by atoms with Crippen molar-refractivity contribution < 1.29 is 14.3 Å². The topological polar surface area (TPSA) is 85.6 Å². The van der Waals surface area contributed by atoms with Crippen LogP contribution in [0, 0.1) is 5.92 Å². The molecule has 4 rings (SSSR count). The Morgan fingerprint density at radius 2 is 2.23 bits per heavy atom. The van der Waals surface area contributed by atoms with Gasteiger partial charge >= 0.3 is 5.97 Å². The van der Waals surface area contributed by atoms with Gasteiger partial charge in [-0.25, -0.2) is 4.79 Å². The molecule has 3 heterocycles. The van der Waals surface area contributed by atoms with Gasteiger partial charge in [0, 0.05) is 11.1 Å². The smallest absolute Gasteiger partial charge is 0.341 e. The molecule has 0 spiro atoms. The zero-order valence-corrected chi connectivity index (χ0v) is 18.8. The molecule has 0 bridgehead atoms. The lowest BCUT2D eigenvalue weighted by atomic mass is 9.88. The zero-order chi connectivity index (χ0) is 21.3. The summed E-state index contributed by atoms with van der Waals surface area (Å²) in [6.07, 6.45) is 4.68. The second-order valence-corrected chi connectivity index (χ2v) is 9.85. The molecule has 158 valence electrons. The Morgan fingerprint density at radius 3 is 3.03 bits per heavy atom. The molecule has 3 aromatic rings. The van der Waals surface area contributed by atoms with Crippen molar-refractivity contribution in [2.75, 3.05) is 11.9 Å². The largest absolute Gasteiger partial charge is 0.462 e. The highest BCUT2D eigenvalue weighted by atomic mass is 32.2. The van der Waals surface area contributed by atoms with E-state index in [9.17, 15) is 9.59 Å². The van der Waals surface area contributed by atoms with Crippen molar-refractivity contribution in [3.8, 4) is 0 Å². The third-order valence-corrected chi connectivity index (χ3v) is 7.39. The number of pyridine rings is 1. The number of esters is 1. The average Bonchev–Trinajstić information content (AvgIpc) is 3.28. The quantitative estimate of drug-likeness (QED) is 0.453. The third-order valence-electron chi connectivity index (χ3n) is 5.16. The molecule has 1 N–H and O–H groups in total. The standard InChI is InChI=1S/C21H24N4O3S2/c1-4-28-20(27)17-14-9-8-12(2)11-15(14)30-19(17)22-18(26)13(3)29-21-24-23-16-7-5-6-10-25(16)21/h5-7,10,12-13H,4,8-9,11H2,1-3H3,(H,22,26). The number of ether oxygens (including phenoxy) is 1. The number of nitrogens with zero attached hydrogens (tertiary/aromatic N) is 3. The van der Waals surface area contributed by atoms with Crippen LogP contribution in [0.5, 0.6) is 0 Å². The molecule has 1 aliphatic carbocycles. The second kappa shape index (κ2) is 8.77. The number of amides is 1. The molecule has 0 saturated heterocycles. The van der Waals surface area contributed by atoms with Gasteiger partial charge in [-0.2, -0.15) is 0 Å². The predicted molar refractivity (Wildman–Crippen MR) is 118 cm³/mol. The van der Waals surface area contributed by atoms with Gasteiger partial charge in [-0.15, -0.1) is 21.5 Å². The van der Waals surface area contributed by atoms with Gasteiger partial charge in [0.25, 0.3) is 0 Å². The highest BCUT2D eigenvalue weighted by Crippen LogP contribution is 2.40. The maximum absolute atomic E-state index is 12.9. The van der Waals surface area contributed by atoms with Crippen molar-refractivity contribution in [1.29, 1.82) is 0 Å². The van der Waals surface area contributed by atoms with E-state index in [0.717, 1.165) is 30.5 Å². The van der Waals surface area contributed by atoms with Crippen LogP contribution in [0.25, 0.3) is 5.65 Å². The van der Waals surface area contributed by atoms with Crippen LogP contribution >= 0.6 is 23.1 Å². The summed E-state index contributed by atoms with van der Waals surface area (Å²) >= 11 is 2.83. The lowest BCUT2D eigenvalue weighted by Crippen LogP contribution is -2.23. The van der Waals surface area contributed by atoms with E-state index < -0.39 is 5.25 Å². The minimum Gasteiger partial charge on any atom is -0.462 e. The van der Waals surface area contributed by atoms with Gasteiger partial charge in [0.15, 0.2) is 10.8 Å². The van der Waals surface area contributed by atoms with Crippen LogP contribution in [-0.4, -0.2) is 38.3 Å². The predicted octanol–water partition coefficient (Wildman–Crippen LogP) is 4.21. The molecule has 7 nitrogen and oxygen atoms in total. The van der Waals surface area contributed by atoms with Crippen LogP contribution in [0.3, 0.4) is 0 Å². The molecule has 1 amide bonds. The molecule has 30 heavy (non-hydrogen) atoms. The summed E-state index contributed by atoms with van der Waals surface area (Å²) < 4.78 is 7.14. The van der Waals surface area contributed by atoms with Gasteiger partial charge in [0.2, 0.25) is 5.91 Å². The van der Waals surface area contributed by atoms with Crippen LogP contribution in [0.1, 0.15) is 48.0 Å². The first-order valence-electron chi connectivity index (χ1n) is 10.1. The highest BCUT2D eigenvalue weighted by Gasteiger charge is 2.30. The van der Waals surface area contributed by atoms with E-state index in [-0.39, 0.29) is 11.9 Å². The fourth-order valence-corrected chi connectivity index (χ4v) is 5.82. The van der Waals surface area contributed by atoms with Crippen LogP contribution in [-0.2, 0) is 22.4 Å². The van der Waals surface area contributed by atoms with E-state index in [1.54, 1.807) is 6.92 Å². The van der Waals surface area contributed by atoms with E-state index in [2.05, 4.69) is 22.4 Å². The molecule has 0 saturated carbocycles. The molecule has 2 unspecified atom stereocenters. The first kappa shape index (κ1) is 20.9. The summed E-state index contributed by atoms with van der Waals surface area (Å²) in [7, 11) is 0. The Morgan fingerprint density at radius 1 is 1.40 bits per heavy atom. The molecule has 9 heteroatoms. The number of carbonyl (C=O) groups is 2. The summed E-state index contributed by atoms with van der Waals surface area (Å²) in [5, 5.41) is 12.1. The van der Waals surface area contributed by atoms with Crippen molar-refractivity contribution in [3.63, 3.8) is 0 Å². The molecular formula is C21H24N4O3S2. The average molecular weight is 445 g/mol. The number of aromatic nitrogens is 3. The number of rotatable bonds is 6. The third kappa shape index (κ3) is 4.09. The number of hydrogen-bond acceptors (Lipinski definition) is 7. The van der Waals surface area contributed by atoms with E-state index in [0.29, 0.717) is 28.2 Å². The molecule has 0 radical (unpaired) electrons. The molecule has 0 fully saturated rings. The minimum absolute atomic E-state index is 0.176. The Balaban J connectivity index is 1.55. The number of thiophene rings is 1. The van der Waals surface area contributed by atoms with Crippen LogP contribution < -0.4 is 5.32 Å². The maximum atomic E-state index is 12.9. The normalized spacial score (nSPS) is 16.8. The van der Waals surface area contributed by atoms with E-state index in [1.807, 2.05) is 35.7 Å². The second-order valence-electron chi connectivity index (χ2n) is 7.44. The first-order valence-corrected chi connectivity index (χ1v) is 11.8. The molecule has 1 aliphatic rings. The van der Waals surface area contributed by atoms with Crippen molar-refractivity contribution >= 4 is 45.6 Å². The minimum atomic E-state index is -0.411. The van der Waals surface area contributed by atoms with Crippen molar-refractivity contribution in [3.05, 3.63) is 40.4 Å². The summed E-state index contributed by atoms with van der Waals surface area (Å²) in [6, 6.07) is 5.66. The van der Waals surface area contributed by atoms with Gasteiger partial charge in [-0.3, -0.25) is 9.20 Å². The Labute approximate surface area is 183 Å². The zero-order valence-electron chi connectivity index (χ0n) is 17.2. The fourth-order valence-electron chi connectivity index (χ4n) is 3.58. The number of fused-ring (bicyclic) bond motifs is 2. The molecular weight excluding hydrogens is 420 g/mol. The lowest BCUT2D eigenvalue weighted by Gasteiger charge is -2.18. The van der Waals surface area contributed by atoms with Crippen molar-refractivity contribution in [2.45, 2.75) is 50.4 Å². The summed E-state index contributed by atoms with van der Waals surface area (Å²) in [4.78, 5) is 26.8. The van der Waals surface area contributed by atoms with Gasteiger partial charge in [0.1, 0.15) is 5.00 Å². The van der Waals surface area contributed by atoms with Gasteiger partial charge < -0.3 is 10.1 Å². The Hall–Kier alpha value is -2.39. The summed E-state index contributed by atoms with van der Waals surface area (Å²) in [6.45, 7) is 6.13. The van der Waals surface area contributed by atoms with Crippen LogP contribution in [0.4, 0.5) is 5.00 Å². The van der Waals surface area contributed by atoms with Crippen LogP contribution in [0.2, 0.25) is 0 Å². The number of thioether (sulfide) groups is 1. The first-order chi connectivity index (χ1) is 14.5.